The van der Waals surface area contributed by atoms with Crippen molar-refractivity contribution in [2.75, 3.05) is 5.32 Å². The summed E-state index contributed by atoms with van der Waals surface area (Å²) in [6.07, 6.45) is 3.11. The van der Waals surface area contributed by atoms with Crippen LogP contribution in [0.15, 0.2) is 59.2 Å². The molecule has 0 amide bonds. The summed E-state index contributed by atoms with van der Waals surface area (Å²) < 4.78 is 0.949. The number of carbonyl (C=O) groups is 1. The molecular formula is C16H13BrClNO. The van der Waals surface area contributed by atoms with Crippen LogP contribution >= 0.6 is 27.5 Å². The molecule has 0 saturated carbocycles. The minimum atomic E-state index is -0.0526. The zero-order chi connectivity index (χ0) is 14.5. The number of benzene rings is 2. The second-order valence-corrected chi connectivity index (χ2v) is 5.64. The maximum Gasteiger partial charge on any atom is 0.187 e. The molecule has 2 rings (SSSR count). The third kappa shape index (κ3) is 3.95. The fourth-order valence-corrected chi connectivity index (χ4v) is 2.05. The number of halogens is 2. The van der Waals surface area contributed by atoms with Crippen LogP contribution in [0.4, 0.5) is 5.69 Å². The van der Waals surface area contributed by atoms with Gasteiger partial charge in [0.1, 0.15) is 0 Å². The predicted octanol–water partition coefficient (Wildman–Crippen LogP) is 5.22. The maximum absolute atomic E-state index is 11.9. The first kappa shape index (κ1) is 14.8. The number of carbonyl (C=O) groups excluding carboxylic acids is 1. The van der Waals surface area contributed by atoms with Crippen molar-refractivity contribution in [3.05, 3.63) is 75.4 Å². The molecule has 0 fully saturated rings. The van der Waals surface area contributed by atoms with Crippen LogP contribution in [0.2, 0.25) is 5.02 Å². The summed E-state index contributed by atoms with van der Waals surface area (Å²) in [6.45, 7) is 1.94. The van der Waals surface area contributed by atoms with E-state index in [1.807, 2.05) is 37.3 Å². The van der Waals surface area contributed by atoms with Crippen LogP contribution in [-0.2, 0) is 0 Å². The summed E-state index contributed by atoms with van der Waals surface area (Å²) in [4.78, 5) is 11.9. The molecule has 2 aromatic rings. The van der Waals surface area contributed by atoms with E-state index in [1.54, 1.807) is 18.3 Å². The van der Waals surface area contributed by atoms with Gasteiger partial charge in [-0.05, 0) is 48.9 Å². The molecule has 0 aliphatic heterocycles. The average Bonchev–Trinajstić information content (AvgIpc) is 2.43. The van der Waals surface area contributed by atoms with Gasteiger partial charge < -0.3 is 5.32 Å². The SMILES string of the molecule is Cc1ccc(NC=CC(=O)c2ccc(Br)cc2)cc1Cl. The molecule has 20 heavy (non-hydrogen) atoms. The molecule has 0 aromatic heterocycles. The zero-order valence-corrected chi connectivity index (χ0v) is 13.2. The van der Waals surface area contributed by atoms with E-state index in [-0.39, 0.29) is 5.78 Å². The van der Waals surface area contributed by atoms with Crippen molar-refractivity contribution in [2.45, 2.75) is 6.92 Å². The Labute approximate surface area is 131 Å². The Morgan fingerprint density at radius 2 is 1.90 bits per heavy atom. The maximum atomic E-state index is 11.9. The van der Waals surface area contributed by atoms with E-state index in [1.165, 1.54) is 6.08 Å². The van der Waals surface area contributed by atoms with E-state index in [0.717, 1.165) is 15.7 Å². The van der Waals surface area contributed by atoms with Gasteiger partial charge in [0.15, 0.2) is 5.78 Å². The van der Waals surface area contributed by atoms with Crippen molar-refractivity contribution in [1.29, 1.82) is 0 Å². The highest BCUT2D eigenvalue weighted by Gasteiger charge is 2.01. The van der Waals surface area contributed by atoms with Gasteiger partial charge in [-0.2, -0.15) is 0 Å². The summed E-state index contributed by atoms with van der Waals surface area (Å²) in [5, 5.41) is 3.73. The molecule has 0 radical (unpaired) electrons. The molecule has 0 heterocycles. The van der Waals surface area contributed by atoms with Gasteiger partial charge in [0.05, 0.1) is 0 Å². The molecule has 0 unspecified atom stereocenters. The molecule has 0 atom stereocenters. The number of allylic oxidation sites excluding steroid dienone is 1. The number of anilines is 1. The van der Waals surface area contributed by atoms with Gasteiger partial charge in [-0.15, -0.1) is 0 Å². The van der Waals surface area contributed by atoms with Gasteiger partial charge in [-0.1, -0.05) is 33.6 Å². The van der Waals surface area contributed by atoms with Crippen LogP contribution in [0.25, 0.3) is 0 Å². The molecule has 2 aromatic carbocycles. The van der Waals surface area contributed by atoms with Crippen LogP contribution in [-0.4, -0.2) is 5.78 Å². The van der Waals surface area contributed by atoms with Gasteiger partial charge in [-0.3, -0.25) is 4.79 Å². The van der Waals surface area contributed by atoms with Crippen LogP contribution in [0, 0.1) is 6.92 Å². The molecule has 0 aliphatic rings. The molecule has 4 heteroatoms. The Bertz CT molecular complexity index is 650. The normalized spacial score (nSPS) is 10.8. The average molecular weight is 351 g/mol. The molecule has 0 aliphatic carbocycles. The lowest BCUT2D eigenvalue weighted by atomic mass is 10.1. The van der Waals surface area contributed by atoms with Crippen molar-refractivity contribution in [3.63, 3.8) is 0 Å². The summed E-state index contributed by atoms with van der Waals surface area (Å²) in [7, 11) is 0. The highest BCUT2D eigenvalue weighted by atomic mass is 79.9. The number of ketones is 1. The summed E-state index contributed by atoms with van der Waals surface area (Å²) in [5.74, 6) is -0.0526. The van der Waals surface area contributed by atoms with Gasteiger partial charge >= 0.3 is 0 Å². The van der Waals surface area contributed by atoms with E-state index in [9.17, 15) is 4.79 Å². The lowest BCUT2D eigenvalue weighted by Gasteiger charge is -2.03. The highest BCUT2D eigenvalue weighted by Crippen LogP contribution is 2.19. The minimum Gasteiger partial charge on any atom is -0.362 e. The van der Waals surface area contributed by atoms with Crippen molar-refractivity contribution in [2.24, 2.45) is 0 Å². The molecule has 1 N–H and O–H groups in total. The first-order valence-electron chi connectivity index (χ1n) is 6.05. The second-order valence-electron chi connectivity index (χ2n) is 4.31. The largest absolute Gasteiger partial charge is 0.362 e. The van der Waals surface area contributed by atoms with Crippen molar-refractivity contribution < 1.29 is 4.79 Å². The number of hydrogen-bond donors (Lipinski definition) is 1. The summed E-state index contributed by atoms with van der Waals surface area (Å²) in [6, 6.07) is 12.9. The van der Waals surface area contributed by atoms with E-state index in [0.29, 0.717) is 10.6 Å². The van der Waals surface area contributed by atoms with Crippen LogP contribution in [0.5, 0.6) is 0 Å². The summed E-state index contributed by atoms with van der Waals surface area (Å²) in [5.41, 5.74) is 2.51. The Hall–Kier alpha value is -1.58. The monoisotopic (exact) mass is 349 g/mol. The van der Waals surface area contributed by atoms with Gasteiger partial charge in [0.25, 0.3) is 0 Å². The fraction of sp³-hybridized carbons (Fsp3) is 0.0625. The molecule has 0 bridgehead atoms. The third-order valence-corrected chi connectivity index (χ3v) is 3.72. The van der Waals surface area contributed by atoms with Crippen molar-refractivity contribution in [1.82, 2.24) is 0 Å². The number of aryl methyl sites for hydroxylation is 1. The summed E-state index contributed by atoms with van der Waals surface area (Å²) >= 11 is 9.37. The fourth-order valence-electron chi connectivity index (χ4n) is 1.61. The van der Waals surface area contributed by atoms with Crippen LogP contribution < -0.4 is 5.32 Å². The Morgan fingerprint density at radius 3 is 2.55 bits per heavy atom. The van der Waals surface area contributed by atoms with E-state index in [2.05, 4.69) is 21.2 Å². The quantitative estimate of drug-likeness (QED) is 0.605. The predicted molar refractivity (Wildman–Crippen MR) is 87.4 cm³/mol. The Balaban J connectivity index is 2.00. The molecule has 102 valence electrons. The smallest absolute Gasteiger partial charge is 0.187 e. The number of rotatable bonds is 4. The lowest BCUT2D eigenvalue weighted by molar-refractivity contribution is 0.104. The molecule has 2 nitrogen and oxygen atoms in total. The zero-order valence-electron chi connectivity index (χ0n) is 10.9. The number of hydrogen-bond acceptors (Lipinski definition) is 2. The van der Waals surface area contributed by atoms with Crippen molar-refractivity contribution in [3.8, 4) is 0 Å². The van der Waals surface area contributed by atoms with Crippen molar-refractivity contribution >= 4 is 39.0 Å². The first-order chi connectivity index (χ1) is 9.56. The molecule has 0 spiro atoms. The first-order valence-corrected chi connectivity index (χ1v) is 7.22. The highest BCUT2D eigenvalue weighted by molar-refractivity contribution is 9.10. The minimum absolute atomic E-state index is 0.0526. The Kier molecular flexibility index (Phi) is 4.99. The molecular weight excluding hydrogens is 338 g/mol. The lowest BCUT2D eigenvalue weighted by Crippen LogP contribution is -1.96. The van der Waals surface area contributed by atoms with Gasteiger partial charge in [-0.25, -0.2) is 0 Å². The van der Waals surface area contributed by atoms with Gasteiger partial charge in [0.2, 0.25) is 0 Å². The van der Waals surface area contributed by atoms with Crippen LogP contribution in [0.3, 0.4) is 0 Å². The third-order valence-electron chi connectivity index (χ3n) is 2.79. The Morgan fingerprint density at radius 1 is 1.20 bits per heavy atom. The second kappa shape index (κ2) is 6.73. The number of nitrogens with one attached hydrogen (secondary N) is 1. The topological polar surface area (TPSA) is 29.1 Å². The van der Waals surface area contributed by atoms with Crippen LogP contribution in [0.1, 0.15) is 15.9 Å². The van der Waals surface area contributed by atoms with E-state index in [4.69, 9.17) is 11.6 Å². The van der Waals surface area contributed by atoms with Gasteiger partial charge in [0, 0.05) is 33.0 Å². The van der Waals surface area contributed by atoms with E-state index < -0.39 is 0 Å². The van der Waals surface area contributed by atoms with E-state index >= 15 is 0 Å². The standard InChI is InChI=1S/C16H13BrClNO/c1-11-2-7-14(10-15(11)18)19-9-8-16(20)12-3-5-13(17)6-4-12/h2-10,19H,1H3. The molecule has 0 saturated heterocycles.